The van der Waals surface area contributed by atoms with E-state index >= 15 is 0 Å². The molecule has 2 heteroatoms. The van der Waals surface area contributed by atoms with E-state index in [9.17, 15) is 0 Å². The zero-order valence-corrected chi connectivity index (χ0v) is 11.3. The van der Waals surface area contributed by atoms with Crippen LogP contribution in [-0.4, -0.2) is 9.38 Å². The summed E-state index contributed by atoms with van der Waals surface area (Å²) < 4.78 is 2.33. The second-order valence-electron chi connectivity index (χ2n) is 5.30. The van der Waals surface area contributed by atoms with Crippen LogP contribution >= 0.6 is 0 Å². The van der Waals surface area contributed by atoms with E-state index in [1.807, 2.05) is 0 Å². The molecule has 0 atom stereocenters. The van der Waals surface area contributed by atoms with Gasteiger partial charge in [-0.15, -0.1) is 0 Å². The van der Waals surface area contributed by atoms with Crippen molar-refractivity contribution in [2.45, 2.75) is 26.7 Å². The molecule has 0 saturated heterocycles. The van der Waals surface area contributed by atoms with Gasteiger partial charge in [0.25, 0.3) is 0 Å². The standard InChI is InChI=1S/C17H16N2/c1-4-13-10(2)17-18-11(3)15-9-8-12-6-5-7-14(13)16(12)19(15)17/h4-7H,2,8-9H2,1,3H3/b13-4+. The lowest BCUT2D eigenvalue weighted by Crippen LogP contribution is -2.28. The predicted molar refractivity (Wildman–Crippen MR) is 79.8 cm³/mol. The lowest BCUT2D eigenvalue weighted by atomic mass is 9.98. The first-order valence-corrected chi connectivity index (χ1v) is 6.79. The van der Waals surface area contributed by atoms with Crippen LogP contribution in [0, 0.1) is 6.92 Å². The van der Waals surface area contributed by atoms with Gasteiger partial charge in [0.05, 0.1) is 11.2 Å². The summed E-state index contributed by atoms with van der Waals surface area (Å²) in [7, 11) is 0. The maximum atomic E-state index is 4.76. The molecular weight excluding hydrogens is 232 g/mol. The van der Waals surface area contributed by atoms with Crippen molar-refractivity contribution in [1.29, 1.82) is 0 Å². The molecule has 3 aromatic rings. The van der Waals surface area contributed by atoms with E-state index in [1.54, 1.807) is 0 Å². The molecular formula is C17H16N2. The van der Waals surface area contributed by atoms with Crippen LogP contribution in [0.1, 0.15) is 23.9 Å². The van der Waals surface area contributed by atoms with Crippen LogP contribution in [0.4, 0.5) is 0 Å². The first kappa shape index (κ1) is 10.8. The summed E-state index contributed by atoms with van der Waals surface area (Å²) in [6.45, 7) is 8.45. The van der Waals surface area contributed by atoms with Gasteiger partial charge in [0.15, 0.2) is 0 Å². The molecule has 0 N–H and O–H groups in total. The van der Waals surface area contributed by atoms with Gasteiger partial charge in [-0.2, -0.15) is 0 Å². The zero-order chi connectivity index (χ0) is 13.1. The van der Waals surface area contributed by atoms with Crippen LogP contribution in [0.3, 0.4) is 0 Å². The summed E-state index contributed by atoms with van der Waals surface area (Å²) in [4.78, 5) is 4.76. The average Bonchev–Trinajstić information content (AvgIpc) is 2.77. The van der Waals surface area contributed by atoms with Gasteiger partial charge in [0.1, 0.15) is 5.65 Å². The van der Waals surface area contributed by atoms with E-state index in [1.165, 1.54) is 27.4 Å². The third-order valence-corrected chi connectivity index (χ3v) is 4.32. The number of hydrogen-bond donors (Lipinski definition) is 0. The van der Waals surface area contributed by atoms with Crippen LogP contribution in [0.2, 0.25) is 0 Å². The lowest BCUT2D eigenvalue weighted by molar-refractivity contribution is 0.864. The van der Waals surface area contributed by atoms with Gasteiger partial charge in [-0.25, -0.2) is 4.98 Å². The fraction of sp³-hybridized carbons (Fsp3) is 0.235. The summed E-state index contributed by atoms with van der Waals surface area (Å²) in [5, 5.41) is 3.57. The van der Waals surface area contributed by atoms with E-state index in [-0.39, 0.29) is 0 Å². The maximum absolute atomic E-state index is 4.76. The SMILES string of the molecule is C=c1/c(=C\C)c2cccc3c2n2c(c(C)nc12)CC3. The fourth-order valence-electron chi connectivity index (χ4n) is 3.44. The molecule has 0 aliphatic carbocycles. The molecule has 1 aliphatic heterocycles. The maximum Gasteiger partial charge on any atom is 0.145 e. The minimum Gasteiger partial charge on any atom is -0.296 e. The number of rotatable bonds is 0. The average molecular weight is 248 g/mol. The van der Waals surface area contributed by atoms with Gasteiger partial charge in [-0.1, -0.05) is 30.9 Å². The Morgan fingerprint density at radius 1 is 1.32 bits per heavy atom. The van der Waals surface area contributed by atoms with Gasteiger partial charge < -0.3 is 0 Å². The van der Waals surface area contributed by atoms with E-state index < -0.39 is 0 Å². The molecule has 2 aromatic heterocycles. The number of aryl methyl sites for hydroxylation is 3. The van der Waals surface area contributed by atoms with Crippen molar-refractivity contribution in [3.63, 3.8) is 0 Å². The van der Waals surface area contributed by atoms with Crippen LogP contribution in [0.25, 0.3) is 29.2 Å². The number of nitrogens with zero attached hydrogens (tertiary/aromatic N) is 2. The van der Waals surface area contributed by atoms with Crippen molar-refractivity contribution in [3.05, 3.63) is 45.6 Å². The number of pyridine rings is 1. The lowest BCUT2D eigenvalue weighted by Gasteiger charge is -2.17. The van der Waals surface area contributed by atoms with Gasteiger partial charge >= 0.3 is 0 Å². The smallest absolute Gasteiger partial charge is 0.145 e. The zero-order valence-electron chi connectivity index (χ0n) is 11.3. The number of imidazole rings is 1. The molecule has 0 fully saturated rings. The van der Waals surface area contributed by atoms with Crippen molar-refractivity contribution in [1.82, 2.24) is 9.38 Å². The molecule has 2 nitrogen and oxygen atoms in total. The summed E-state index contributed by atoms with van der Waals surface area (Å²) >= 11 is 0. The highest BCUT2D eigenvalue weighted by molar-refractivity contribution is 5.87. The molecule has 0 bridgehead atoms. The third kappa shape index (κ3) is 1.19. The Balaban J connectivity index is 2.51. The highest BCUT2D eigenvalue weighted by Crippen LogP contribution is 2.26. The molecule has 4 rings (SSSR count). The number of hydrogen-bond acceptors (Lipinski definition) is 1. The first-order chi connectivity index (χ1) is 9.22. The predicted octanol–water partition coefficient (Wildman–Crippen LogP) is 2.11. The molecule has 0 radical (unpaired) electrons. The molecule has 94 valence electrons. The summed E-state index contributed by atoms with van der Waals surface area (Å²) in [5.74, 6) is 0. The summed E-state index contributed by atoms with van der Waals surface area (Å²) in [5.41, 5.74) is 6.29. The van der Waals surface area contributed by atoms with Crippen molar-refractivity contribution in [2.24, 2.45) is 0 Å². The summed E-state index contributed by atoms with van der Waals surface area (Å²) in [6.07, 6.45) is 4.34. The van der Waals surface area contributed by atoms with Crippen LogP contribution in [0.15, 0.2) is 18.2 Å². The Morgan fingerprint density at radius 3 is 2.95 bits per heavy atom. The number of para-hydroxylation sites is 1. The number of aromatic nitrogens is 2. The highest BCUT2D eigenvalue weighted by Gasteiger charge is 2.19. The largest absolute Gasteiger partial charge is 0.296 e. The van der Waals surface area contributed by atoms with E-state index in [2.05, 4.69) is 49.1 Å². The minimum absolute atomic E-state index is 1.03. The molecule has 0 unspecified atom stereocenters. The van der Waals surface area contributed by atoms with Gasteiger partial charge in [-0.05, 0) is 37.5 Å². The Hall–Kier alpha value is -2.09. The highest BCUT2D eigenvalue weighted by atomic mass is 15.0. The van der Waals surface area contributed by atoms with Gasteiger partial charge in [0.2, 0.25) is 0 Å². The topological polar surface area (TPSA) is 17.3 Å². The molecule has 3 heterocycles. The number of benzene rings is 1. The Labute approximate surface area is 111 Å². The van der Waals surface area contributed by atoms with E-state index in [0.29, 0.717) is 0 Å². The van der Waals surface area contributed by atoms with Crippen molar-refractivity contribution in [2.75, 3.05) is 0 Å². The third-order valence-electron chi connectivity index (χ3n) is 4.32. The molecule has 0 saturated carbocycles. The first-order valence-electron chi connectivity index (χ1n) is 6.79. The quantitative estimate of drug-likeness (QED) is 0.595. The molecule has 0 spiro atoms. The Kier molecular flexibility index (Phi) is 1.97. The monoisotopic (exact) mass is 248 g/mol. The normalized spacial score (nSPS) is 14.9. The van der Waals surface area contributed by atoms with Crippen molar-refractivity contribution in [3.8, 4) is 0 Å². The van der Waals surface area contributed by atoms with Crippen LogP contribution < -0.4 is 10.4 Å². The Morgan fingerprint density at radius 2 is 2.16 bits per heavy atom. The molecule has 1 aliphatic rings. The second kappa shape index (κ2) is 3.47. The fourth-order valence-corrected chi connectivity index (χ4v) is 3.44. The molecule has 1 aromatic carbocycles. The van der Waals surface area contributed by atoms with E-state index in [0.717, 1.165) is 29.4 Å². The minimum atomic E-state index is 1.03. The summed E-state index contributed by atoms with van der Waals surface area (Å²) in [6, 6.07) is 6.60. The van der Waals surface area contributed by atoms with Crippen LogP contribution in [-0.2, 0) is 12.8 Å². The van der Waals surface area contributed by atoms with E-state index in [4.69, 9.17) is 4.98 Å². The van der Waals surface area contributed by atoms with Gasteiger partial charge in [0, 0.05) is 16.3 Å². The molecule has 19 heavy (non-hydrogen) atoms. The van der Waals surface area contributed by atoms with Crippen LogP contribution in [0.5, 0.6) is 0 Å². The molecule has 0 amide bonds. The second-order valence-corrected chi connectivity index (χ2v) is 5.30. The van der Waals surface area contributed by atoms with Crippen molar-refractivity contribution >= 4 is 29.2 Å². The van der Waals surface area contributed by atoms with Gasteiger partial charge in [-0.3, -0.25) is 4.40 Å². The Bertz CT molecular complexity index is 945. The van der Waals surface area contributed by atoms with Crippen molar-refractivity contribution < 1.29 is 0 Å².